The lowest BCUT2D eigenvalue weighted by molar-refractivity contribution is 0.669. The van der Waals surface area contributed by atoms with Crippen LogP contribution >= 0.6 is 11.3 Å². The van der Waals surface area contributed by atoms with Crippen molar-refractivity contribution in [3.8, 4) is 22.4 Å². The number of furan rings is 1. The van der Waals surface area contributed by atoms with Crippen LogP contribution in [-0.2, 0) is 0 Å². The number of anilines is 3. The molecule has 7 aromatic carbocycles. The molecule has 0 spiro atoms. The van der Waals surface area contributed by atoms with Crippen LogP contribution in [0.2, 0.25) is 0 Å². The molecule has 0 amide bonds. The quantitative estimate of drug-likeness (QED) is 0.187. The lowest BCUT2D eigenvalue weighted by Gasteiger charge is -2.26. The van der Waals surface area contributed by atoms with Crippen LogP contribution in [0.1, 0.15) is 0 Å². The Balaban J connectivity index is 1.13. The summed E-state index contributed by atoms with van der Waals surface area (Å²) >= 11 is 1.85. The second-order valence-corrected chi connectivity index (χ2v) is 13.4. The number of rotatable bonds is 5. The molecule has 3 aromatic heterocycles. The number of para-hydroxylation sites is 1. The van der Waals surface area contributed by atoms with Crippen LogP contribution in [0.4, 0.5) is 17.1 Å². The zero-order valence-electron chi connectivity index (χ0n) is 26.4. The molecule has 0 unspecified atom stereocenters. The van der Waals surface area contributed by atoms with Gasteiger partial charge in [-0.1, -0.05) is 109 Å². The van der Waals surface area contributed by atoms with E-state index in [-0.39, 0.29) is 0 Å². The van der Waals surface area contributed by atoms with Gasteiger partial charge in [0.25, 0.3) is 0 Å². The van der Waals surface area contributed by atoms with Crippen LogP contribution in [-0.4, -0.2) is 4.98 Å². The normalized spacial score (nSPS) is 11.7. The van der Waals surface area contributed by atoms with E-state index in [1.54, 1.807) is 0 Å². The van der Waals surface area contributed by atoms with E-state index in [4.69, 9.17) is 9.40 Å². The Morgan fingerprint density at radius 1 is 0.469 bits per heavy atom. The first-order valence-electron chi connectivity index (χ1n) is 16.4. The fraction of sp³-hybridized carbons (Fsp3) is 0. The van der Waals surface area contributed by atoms with Crippen molar-refractivity contribution in [2.75, 3.05) is 4.90 Å². The van der Waals surface area contributed by atoms with Crippen molar-refractivity contribution in [1.82, 2.24) is 4.98 Å². The molecule has 49 heavy (non-hydrogen) atoms. The van der Waals surface area contributed by atoms with E-state index in [1.165, 1.54) is 42.1 Å². The third kappa shape index (κ3) is 4.61. The molecule has 3 nitrogen and oxygen atoms in total. The predicted octanol–water partition coefficient (Wildman–Crippen LogP) is 13.3. The monoisotopic (exact) mass is 644 g/mol. The van der Waals surface area contributed by atoms with Gasteiger partial charge in [-0.25, -0.2) is 0 Å². The summed E-state index contributed by atoms with van der Waals surface area (Å²) in [6.45, 7) is 0. The summed E-state index contributed by atoms with van der Waals surface area (Å²) in [5.74, 6) is 0. The standard InChI is InChI=1S/C45H28N2OS/c1-2-9-29(10-3-1)32-12-8-13-34(27-32)47(35-22-24-41-39(28-35)37-15-6-7-16-40(37)48-41)33-20-17-31(18-21-33)44-43-38-23-19-30-11-4-5-14-36(30)45(38)49-42(43)25-26-46-44/h1-28H. The first-order valence-corrected chi connectivity index (χ1v) is 17.3. The van der Waals surface area contributed by atoms with E-state index in [0.29, 0.717) is 0 Å². The number of nitrogens with zero attached hydrogens (tertiary/aromatic N) is 2. The maximum atomic E-state index is 6.20. The number of pyridine rings is 1. The summed E-state index contributed by atoms with van der Waals surface area (Å²) in [7, 11) is 0. The largest absolute Gasteiger partial charge is 0.456 e. The van der Waals surface area contributed by atoms with Gasteiger partial charge in [-0.3, -0.25) is 4.98 Å². The highest BCUT2D eigenvalue weighted by Crippen LogP contribution is 2.44. The Morgan fingerprint density at radius 2 is 1.20 bits per heavy atom. The summed E-state index contributed by atoms with van der Waals surface area (Å²) in [6.07, 6.45) is 1.94. The first-order chi connectivity index (χ1) is 24.3. The fourth-order valence-corrected chi connectivity index (χ4v) is 8.43. The minimum absolute atomic E-state index is 0.883. The molecule has 0 aliphatic heterocycles. The molecule has 0 fully saturated rings. The molecule has 0 aliphatic carbocycles. The van der Waals surface area contributed by atoms with Crippen LogP contribution in [0.3, 0.4) is 0 Å². The SMILES string of the molecule is c1ccc(-c2cccc(N(c3ccc(-c4nccc5sc6c7ccccc7ccc6c45)cc3)c3ccc4oc5ccccc5c4c3)c2)cc1. The highest BCUT2D eigenvalue weighted by atomic mass is 32.1. The Hall–Kier alpha value is -6.23. The smallest absolute Gasteiger partial charge is 0.135 e. The summed E-state index contributed by atoms with van der Waals surface area (Å²) in [4.78, 5) is 7.29. The average molecular weight is 645 g/mol. The van der Waals surface area contributed by atoms with Crippen molar-refractivity contribution in [1.29, 1.82) is 0 Å². The van der Waals surface area contributed by atoms with E-state index in [0.717, 1.165) is 50.3 Å². The molecule has 0 bridgehead atoms. The molecule has 0 N–H and O–H groups in total. The highest BCUT2D eigenvalue weighted by Gasteiger charge is 2.18. The predicted molar refractivity (Wildman–Crippen MR) is 207 cm³/mol. The van der Waals surface area contributed by atoms with Crippen LogP contribution < -0.4 is 4.90 Å². The van der Waals surface area contributed by atoms with Gasteiger partial charge in [0, 0.05) is 59.8 Å². The Bertz CT molecular complexity index is 2830. The van der Waals surface area contributed by atoms with Gasteiger partial charge in [-0.05, 0) is 76.5 Å². The van der Waals surface area contributed by atoms with E-state index in [9.17, 15) is 0 Å². The van der Waals surface area contributed by atoms with E-state index >= 15 is 0 Å². The number of aromatic nitrogens is 1. The Kier molecular flexibility index (Phi) is 6.36. The van der Waals surface area contributed by atoms with Crippen molar-refractivity contribution in [3.63, 3.8) is 0 Å². The van der Waals surface area contributed by atoms with Gasteiger partial charge in [-0.15, -0.1) is 11.3 Å². The van der Waals surface area contributed by atoms with Crippen molar-refractivity contribution >= 4 is 81.3 Å². The lowest BCUT2D eigenvalue weighted by atomic mass is 10.0. The molecular formula is C45H28N2OS. The molecule has 230 valence electrons. The Labute approximate surface area is 286 Å². The zero-order chi connectivity index (χ0) is 32.3. The fourth-order valence-electron chi connectivity index (χ4n) is 7.19. The van der Waals surface area contributed by atoms with Crippen molar-refractivity contribution in [3.05, 3.63) is 170 Å². The number of thiophene rings is 1. The molecule has 0 atom stereocenters. The third-order valence-corrected chi connectivity index (χ3v) is 10.7. The van der Waals surface area contributed by atoms with Crippen LogP contribution in [0, 0.1) is 0 Å². The summed E-state index contributed by atoms with van der Waals surface area (Å²) in [5, 5.41) is 7.23. The molecule has 10 aromatic rings. The van der Waals surface area contributed by atoms with Crippen molar-refractivity contribution < 1.29 is 4.42 Å². The van der Waals surface area contributed by atoms with Crippen molar-refractivity contribution in [2.24, 2.45) is 0 Å². The van der Waals surface area contributed by atoms with Gasteiger partial charge in [0.1, 0.15) is 11.2 Å². The van der Waals surface area contributed by atoms with Gasteiger partial charge in [0.05, 0.1) is 5.69 Å². The molecule has 0 saturated heterocycles. The minimum atomic E-state index is 0.883. The van der Waals surface area contributed by atoms with Gasteiger partial charge < -0.3 is 9.32 Å². The highest BCUT2D eigenvalue weighted by molar-refractivity contribution is 7.26. The second-order valence-electron chi connectivity index (χ2n) is 12.4. The van der Waals surface area contributed by atoms with E-state index in [1.807, 2.05) is 29.7 Å². The van der Waals surface area contributed by atoms with Gasteiger partial charge in [0.2, 0.25) is 0 Å². The summed E-state index contributed by atoms with van der Waals surface area (Å²) in [5.41, 5.74) is 9.44. The van der Waals surface area contributed by atoms with E-state index < -0.39 is 0 Å². The Morgan fingerprint density at radius 3 is 2.10 bits per heavy atom. The number of fused-ring (bicyclic) bond motifs is 8. The maximum absolute atomic E-state index is 6.20. The number of benzene rings is 7. The molecule has 3 heterocycles. The van der Waals surface area contributed by atoms with Gasteiger partial charge in [-0.2, -0.15) is 0 Å². The van der Waals surface area contributed by atoms with Crippen LogP contribution in [0.15, 0.2) is 174 Å². The molecule has 0 aliphatic rings. The minimum Gasteiger partial charge on any atom is -0.456 e. The third-order valence-electron chi connectivity index (χ3n) is 9.50. The average Bonchev–Trinajstić information content (AvgIpc) is 3.74. The van der Waals surface area contributed by atoms with Crippen LogP contribution in [0.25, 0.3) is 75.3 Å². The molecule has 0 radical (unpaired) electrons. The lowest BCUT2D eigenvalue weighted by Crippen LogP contribution is -2.10. The molecule has 4 heteroatoms. The number of hydrogen-bond acceptors (Lipinski definition) is 4. The van der Waals surface area contributed by atoms with Crippen molar-refractivity contribution in [2.45, 2.75) is 0 Å². The molecule has 10 rings (SSSR count). The topological polar surface area (TPSA) is 29.3 Å². The molecular weight excluding hydrogens is 617 g/mol. The molecule has 0 saturated carbocycles. The van der Waals surface area contributed by atoms with Gasteiger partial charge in [0.15, 0.2) is 0 Å². The van der Waals surface area contributed by atoms with Crippen LogP contribution in [0.5, 0.6) is 0 Å². The van der Waals surface area contributed by atoms with Gasteiger partial charge >= 0.3 is 0 Å². The number of hydrogen-bond donors (Lipinski definition) is 0. The zero-order valence-corrected chi connectivity index (χ0v) is 27.2. The second kappa shape index (κ2) is 11.2. The maximum Gasteiger partial charge on any atom is 0.135 e. The first kappa shape index (κ1) is 27.8. The summed E-state index contributed by atoms with van der Waals surface area (Å²) in [6, 6.07) is 58.2. The summed E-state index contributed by atoms with van der Waals surface area (Å²) < 4.78 is 8.76. The van der Waals surface area contributed by atoms with E-state index in [2.05, 4.69) is 157 Å².